The van der Waals surface area contributed by atoms with Crippen LogP contribution in [-0.2, 0) is 0 Å². The van der Waals surface area contributed by atoms with Gasteiger partial charge in [-0.25, -0.2) is 0 Å². The monoisotopic (exact) mass is 242 g/mol. The van der Waals surface area contributed by atoms with Crippen molar-refractivity contribution in [3.8, 4) is 11.5 Å². The minimum atomic E-state index is 0.160. The van der Waals surface area contributed by atoms with Gasteiger partial charge in [0.15, 0.2) is 11.5 Å². The number of rotatable bonds is 6. The highest BCUT2D eigenvalue weighted by Gasteiger charge is 2.12. The van der Waals surface area contributed by atoms with Crippen LogP contribution in [0.4, 0.5) is 0 Å². The van der Waals surface area contributed by atoms with E-state index in [9.17, 15) is 5.11 Å². The fraction of sp³-hybridized carbons (Fsp3) is 0.500. The van der Waals surface area contributed by atoms with Crippen LogP contribution in [0.2, 0.25) is 0 Å². The molecule has 2 N–H and O–H groups in total. The molecular formula is C12H18O3S. The Bertz CT molecular complexity index is 328. The summed E-state index contributed by atoms with van der Waals surface area (Å²) in [6.07, 6.45) is 0.985. The van der Waals surface area contributed by atoms with E-state index in [1.54, 1.807) is 24.9 Å². The van der Waals surface area contributed by atoms with Crippen LogP contribution < -0.4 is 4.74 Å². The van der Waals surface area contributed by atoms with Crippen LogP contribution in [0.25, 0.3) is 0 Å². The molecule has 0 aliphatic heterocycles. The first kappa shape index (κ1) is 13.2. The Hall–Kier alpha value is -0.870. The van der Waals surface area contributed by atoms with E-state index in [1.165, 1.54) is 0 Å². The third-order valence-corrected chi connectivity index (χ3v) is 3.78. The number of ether oxygens (including phenoxy) is 1. The van der Waals surface area contributed by atoms with Crippen molar-refractivity contribution >= 4 is 11.8 Å². The average Bonchev–Trinajstić information content (AvgIpc) is 2.32. The molecule has 1 aromatic rings. The molecule has 0 heterocycles. The minimum Gasteiger partial charge on any atom is -0.504 e. The largest absolute Gasteiger partial charge is 0.504 e. The van der Waals surface area contributed by atoms with Crippen molar-refractivity contribution in [2.24, 2.45) is 0 Å². The van der Waals surface area contributed by atoms with Crippen LogP contribution in [0.3, 0.4) is 0 Å². The van der Waals surface area contributed by atoms with Crippen LogP contribution in [0.5, 0.6) is 11.5 Å². The lowest BCUT2D eigenvalue weighted by molar-refractivity contribution is 0.322. The Morgan fingerprint density at radius 1 is 1.44 bits per heavy atom. The van der Waals surface area contributed by atoms with E-state index in [-0.39, 0.29) is 12.4 Å². The zero-order valence-electron chi connectivity index (χ0n) is 9.64. The summed E-state index contributed by atoms with van der Waals surface area (Å²) in [5.74, 6) is 1.38. The van der Waals surface area contributed by atoms with Gasteiger partial charge in [-0.3, -0.25) is 0 Å². The maximum Gasteiger partial charge on any atom is 0.160 e. The number of benzene rings is 1. The van der Waals surface area contributed by atoms with E-state index in [4.69, 9.17) is 9.84 Å². The smallest absolute Gasteiger partial charge is 0.160 e. The lowest BCUT2D eigenvalue weighted by Crippen LogP contribution is -1.97. The molecule has 16 heavy (non-hydrogen) atoms. The normalized spacial score (nSPS) is 12.4. The fourth-order valence-corrected chi connectivity index (χ4v) is 2.50. The molecule has 0 aromatic heterocycles. The molecule has 1 unspecified atom stereocenters. The Morgan fingerprint density at radius 3 is 2.75 bits per heavy atom. The molecule has 0 saturated carbocycles. The Morgan fingerprint density at radius 2 is 2.19 bits per heavy atom. The molecule has 0 aliphatic carbocycles. The van der Waals surface area contributed by atoms with E-state index in [2.05, 4.69) is 6.92 Å². The molecule has 0 bridgehead atoms. The predicted octanol–water partition coefficient (Wildman–Crippen LogP) is 2.58. The fourth-order valence-electron chi connectivity index (χ4n) is 1.54. The molecule has 90 valence electrons. The topological polar surface area (TPSA) is 49.7 Å². The second-order valence-corrected chi connectivity index (χ2v) is 4.73. The maximum absolute atomic E-state index is 9.49. The molecule has 4 heteroatoms. The highest BCUT2D eigenvalue weighted by atomic mass is 32.2. The minimum absolute atomic E-state index is 0.160. The van der Waals surface area contributed by atoms with Gasteiger partial charge in [0.2, 0.25) is 0 Å². The van der Waals surface area contributed by atoms with Crippen LogP contribution in [0, 0.1) is 0 Å². The lowest BCUT2D eigenvalue weighted by Gasteiger charge is -2.15. The van der Waals surface area contributed by atoms with Crippen molar-refractivity contribution in [1.29, 1.82) is 0 Å². The number of aliphatic hydroxyl groups is 1. The number of methoxy groups -OCH3 is 1. The van der Waals surface area contributed by atoms with E-state index < -0.39 is 0 Å². The summed E-state index contributed by atoms with van der Waals surface area (Å²) < 4.78 is 5.08. The first-order valence-corrected chi connectivity index (χ1v) is 6.37. The molecule has 1 rings (SSSR count). The van der Waals surface area contributed by atoms with Crippen molar-refractivity contribution in [3.05, 3.63) is 23.8 Å². The first-order chi connectivity index (χ1) is 7.72. The summed E-state index contributed by atoms with van der Waals surface area (Å²) in [5.41, 5.74) is 1.12. The molecular weight excluding hydrogens is 224 g/mol. The number of hydrogen-bond donors (Lipinski definition) is 2. The number of thioether (sulfide) groups is 1. The molecule has 1 atom stereocenters. The average molecular weight is 242 g/mol. The van der Waals surface area contributed by atoms with Gasteiger partial charge in [-0.1, -0.05) is 13.0 Å². The van der Waals surface area contributed by atoms with Crippen LogP contribution in [0.1, 0.15) is 24.2 Å². The second-order valence-electron chi connectivity index (χ2n) is 3.42. The van der Waals surface area contributed by atoms with Gasteiger partial charge in [-0.05, 0) is 24.1 Å². The van der Waals surface area contributed by atoms with Crippen molar-refractivity contribution in [2.75, 3.05) is 19.5 Å². The number of aromatic hydroxyl groups is 1. The van der Waals surface area contributed by atoms with E-state index in [0.717, 1.165) is 17.7 Å². The van der Waals surface area contributed by atoms with E-state index in [0.29, 0.717) is 11.0 Å². The first-order valence-electron chi connectivity index (χ1n) is 5.32. The van der Waals surface area contributed by atoms with Crippen LogP contribution >= 0.6 is 11.8 Å². The second kappa shape index (κ2) is 6.66. The van der Waals surface area contributed by atoms with Crippen molar-refractivity contribution in [3.63, 3.8) is 0 Å². The van der Waals surface area contributed by atoms with Gasteiger partial charge in [0.25, 0.3) is 0 Å². The molecule has 0 spiro atoms. The summed E-state index contributed by atoms with van der Waals surface area (Å²) in [5, 5.41) is 18.6. The lowest BCUT2D eigenvalue weighted by atomic mass is 10.1. The molecule has 0 aliphatic rings. The molecule has 0 saturated heterocycles. The maximum atomic E-state index is 9.49. The van der Waals surface area contributed by atoms with Crippen molar-refractivity contribution in [1.82, 2.24) is 0 Å². The highest BCUT2D eigenvalue weighted by molar-refractivity contribution is 7.99. The molecule has 0 fully saturated rings. The zero-order chi connectivity index (χ0) is 12.0. The van der Waals surface area contributed by atoms with Gasteiger partial charge in [0.05, 0.1) is 13.7 Å². The third-order valence-electron chi connectivity index (χ3n) is 2.36. The van der Waals surface area contributed by atoms with Crippen LogP contribution in [-0.4, -0.2) is 29.7 Å². The van der Waals surface area contributed by atoms with Gasteiger partial charge >= 0.3 is 0 Å². The van der Waals surface area contributed by atoms with Gasteiger partial charge in [0.1, 0.15) is 0 Å². The summed E-state index contributed by atoms with van der Waals surface area (Å²) >= 11 is 1.71. The summed E-state index contributed by atoms with van der Waals surface area (Å²) in [6.45, 7) is 2.30. The SMILES string of the molecule is CCC(SCCO)c1ccc(O)c(OC)c1. The van der Waals surface area contributed by atoms with Gasteiger partial charge in [0, 0.05) is 11.0 Å². The highest BCUT2D eigenvalue weighted by Crippen LogP contribution is 2.36. The van der Waals surface area contributed by atoms with Crippen molar-refractivity contribution in [2.45, 2.75) is 18.6 Å². The molecule has 1 aromatic carbocycles. The number of hydrogen-bond acceptors (Lipinski definition) is 4. The van der Waals surface area contributed by atoms with E-state index in [1.807, 2.05) is 12.1 Å². The Kier molecular flexibility index (Phi) is 5.49. The molecule has 0 amide bonds. The number of aliphatic hydroxyl groups excluding tert-OH is 1. The Balaban J connectivity index is 2.83. The number of phenolic OH excluding ortho intramolecular Hbond substituents is 1. The summed E-state index contributed by atoms with van der Waals surface area (Å²) in [7, 11) is 1.54. The molecule has 3 nitrogen and oxygen atoms in total. The van der Waals surface area contributed by atoms with Crippen molar-refractivity contribution < 1.29 is 14.9 Å². The molecule has 0 radical (unpaired) electrons. The summed E-state index contributed by atoms with van der Waals surface area (Å²) in [6, 6.07) is 5.40. The predicted molar refractivity (Wildman–Crippen MR) is 67.2 cm³/mol. The van der Waals surface area contributed by atoms with Gasteiger partial charge < -0.3 is 14.9 Å². The third kappa shape index (κ3) is 3.32. The quantitative estimate of drug-likeness (QED) is 0.805. The number of phenols is 1. The zero-order valence-corrected chi connectivity index (χ0v) is 10.5. The Labute approximate surface area is 100 Å². The standard InChI is InChI=1S/C12H18O3S/c1-3-12(16-7-6-13)9-4-5-10(14)11(8-9)15-2/h4-5,8,12-14H,3,6-7H2,1-2H3. The van der Waals surface area contributed by atoms with Gasteiger partial charge in [-0.2, -0.15) is 11.8 Å². The van der Waals surface area contributed by atoms with Crippen LogP contribution in [0.15, 0.2) is 18.2 Å². The van der Waals surface area contributed by atoms with Gasteiger partial charge in [-0.15, -0.1) is 0 Å². The summed E-state index contributed by atoms with van der Waals surface area (Å²) in [4.78, 5) is 0. The van der Waals surface area contributed by atoms with E-state index >= 15 is 0 Å².